The lowest BCUT2D eigenvalue weighted by Crippen LogP contribution is -2.12. The number of benzene rings is 1. The average Bonchev–Trinajstić information content (AvgIpc) is 2.29. The Bertz CT molecular complexity index is 360. The Hall–Kier alpha value is -0.470. The summed E-state index contributed by atoms with van der Waals surface area (Å²) in [5.41, 5.74) is 2.78. The van der Waals surface area contributed by atoms with Crippen molar-refractivity contribution in [1.82, 2.24) is 0 Å². The normalized spacial score (nSPS) is 17.2. The van der Waals surface area contributed by atoms with Crippen LogP contribution in [0.4, 0.5) is 0 Å². The molecule has 0 saturated heterocycles. The molecule has 1 aromatic carbocycles. The van der Waals surface area contributed by atoms with Crippen molar-refractivity contribution in [3.8, 4) is 0 Å². The van der Waals surface area contributed by atoms with Gasteiger partial charge in [-0.3, -0.25) is 0 Å². The fourth-order valence-corrected chi connectivity index (χ4v) is 3.33. The second-order valence-corrected chi connectivity index (χ2v) is 5.99. The summed E-state index contributed by atoms with van der Waals surface area (Å²) in [6.45, 7) is 4.60. The molecule has 1 N–H and O–H groups in total. The molecule has 1 nitrogen and oxygen atoms in total. The van der Waals surface area contributed by atoms with Crippen LogP contribution >= 0.6 is 11.8 Å². The topological polar surface area (TPSA) is 20.2 Å². The number of fused-ring (bicyclic) bond motifs is 1. The monoisotopic (exact) mass is 236 g/mol. The minimum absolute atomic E-state index is 0.254. The summed E-state index contributed by atoms with van der Waals surface area (Å²) in [7, 11) is 0. The summed E-state index contributed by atoms with van der Waals surface area (Å²) in [5, 5.41) is 9.45. The van der Waals surface area contributed by atoms with Crippen molar-refractivity contribution in [2.75, 3.05) is 12.4 Å². The van der Waals surface area contributed by atoms with Crippen molar-refractivity contribution in [2.24, 2.45) is 5.92 Å². The van der Waals surface area contributed by atoms with Gasteiger partial charge < -0.3 is 5.11 Å². The highest BCUT2D eigenvalue weighted by Gasteiger charge is 2.17. The first-order valence-electron chi connectivity index (χ1n) is 6.09. The molecule has 2 rings (SSSR count). The fraction of sp³-hybridized carbons (Fsp3) is 0.571. The number of aryl methyl sites for hydroxylation is 1. The molecule has 1 aliphatic rings. The Kier molecular flexibility index (Phi) is 3.93. The van der Waals surface area contributed by atoms with E-state index in [0.29, 0.717) is 5.92 Å². The van der Waals surface area contributed by atoms with Gasteiger partial charge in [0.2, 0.25) is 0 Å². The predicted molar refractivity (Wildman–Crippen MR) is 70.2 cm³/mol. The van der Waals surface area contributed by atoms with Crippen LogP contribution in [0.5, 0.6) is 0 Å². The molecular weight excluding hydrogens is 216 g/mol. The third kappa shape index (κ3) is 2.44. The van der Waals surface area contributed by atoms with Crippen LogP contribution < -0.4 is 0 Å². The van der Waals surface area contributed by atoms with E-state index in [1.165, 1.54) is 34.6 Å². The van der Waals surface area contributed by atoms with E-state index in [2.05, 4.69) is 32.0 Å². The largest absolute Gasteiger partial charge is 0.396 e. The van der Waals surface area contributed by atoms with Gasteiger partial charge in [-0.25, -0.2) is 0 Å². The molecular formula is C14H20OS. The maximum absolute atomic E-state index is 9.45. The maximum atomic E-state index is 9.45. The summed E-state index contributed by atoms with van der Waals surface area (Å²) < 4.78 is 0. The van der Waals surface area contributed by atoms with Crippen molar-refractivity contribution in [3.63, 3.8) is 0 Å². The van der Waals surface area contributed by atoms with Gasteiger partial charge in [0.05, 0.1) is 6.61 Å². The van der Waals surface area contributed by atoms with Gasteiger partial charge in [0, 0.05) is 10.8 Å². The van der Waals surface area contributed by atoms with Crippen LogP contribution in [0, 0.1) is 5.92 Å². The quantitative estimate of drug-likeness (QED) is 0.867. The Morgan fingerprint density at radius 1 is 1.38 bits per heavy atom. The molecule has 0 aliphatic carbocycles. The first-order chi connectivity index (χ1) is 7.72. The molecule has 0 radical (unpaired) electrons. The van der Waals surface area contributed by atoms with Gasteiger partial charge >= 0.3 is 0 Å². The Labute approximate surface area is 102 Å². The molecule has 0 amide bonds. The van der Waals surface area contributed by atoms with E-state index in [-0.39, 0.29) is 12.5 Å². The van der Waals surface area contributed by atoms with E-state index in [9.17, 15) is 5.11 Å². The highest BCUT2D eigenvalue weighted by atomic mass is 32.2. The van der Waals surface area contributed by atoms with Crippen LogP contribution in [0.1, 0.15) is 37.3 Å². The summed E-state index contributed by atoms with van der Waals surface area (Å²) >= 11 is 1.96. The zero-order chi connectivity index (χ0) is 11.5. The van der Waals surface area contributed by atoms with Crippen molar-refractivity contribution >= 4 is 11.8 Å². The number of aliphatic hydroxyl groups excluding tert-OH is 1. The molecule has 1 unspecified atom stereocenters. The molecule has 0 fully saturated rings. The van der Waals surface area contributed by atoms with Gasteiger partial charge in [-0.1, -0.05) is 26.0 Å². The smallest absolute Gasteiger partial charge is 0.0502 e. The second-order valence-electron chi connectivity index (χ2n) is 4.85. The minimum Gasteiger partial charge on any atom is -0.396 e. The van der Waals surface area contributed by atoms with Crippen molar-refractivity contribution in [2.45, 2.75) is 37.5 Å². The molecule has 88 valence electrons. The molecule has 2 heteroatoms. The lowest BCUT2D eigenvalue weighted by Gasteiger charge is -2.22. The van der Waals surface area contributed by atoms with E-state index in [0.717, 1.165) is 0 Å². The summed E-state index contributed by atoms with van der Waals surface area (Å²) in [6, 6.07) is 6.74. The zero-order valence-corrected chi connectivity index (χ0v) is 10.9. The van der Waals surface area contributed by atoms with Crippen LogP contribution in [0.3, 0.4) is 0 Å². The lowest BCUT2D eigenvalue weighted by atomic mass is 9.88. The van der Waals surface area contributed by atoms with Crippen LogP contribution in [0.2, 0.25) is 0 Å². The van der Waals surface area contributed by atoms with Gasteiger partial charge in [0.1, 0.15) is 0 Å². The first kappa shape index (κ1) is 12.0. The van der Waals surface area contributed by atoms with Crippen molar-refractivity contribution < 1.29 is 5.11 Å². The van der Waals surface area contributed by atoms with Crippen LogP contribution in [-0.2, 0) is 6.42 Å². The number of thioether (sulfide) groups is 1. The third-order valence-corrected chi connectivity index (χ3v) is 4.56. The highest BCUT2D eigenvalue weighted by molar-refractivity contribution is 7.99. The molecule has 0 aromatic heterocycles. The fourth-order valence-electron chi connectivity index (χ4n) is 2.31. The molecule has 16 heavy (non-hydrogen) atoms. The van der Waals surface area contributed by atoms with Gasteiger partial charge in [0.15, 0.2) is 0 Å². The van der Waals surface area contributed by atoms with Crippen LogP contribution in [-0.4, -0.2) is 17.5 Å². The molecule has 0 saturated carbocycles. The van der Waals surface area contributed by atoms with E-state index >= 15 is 0 Å². The SMILES string of the molecule is CC(C)C(CO)c1ccc2c(c1)CCCS2. The lowest BCUT2D eigenvalue weighted by molar-refractivity contribution is 0.237. The van der Waals surface area contributed by atoms with E-state index < -0.39 is 0 Å². The van der Waals surface area contributed by atoms with Gasteiger partial charge in [-0.05, 0) is 41.7 Å². The van der Waals surface area contributed by atoms with Crippen LogP contribution in [0.25, 0.3) is 0 Å². The van der Waals surface area contributed by atoms with E-state index in [1.54, 1.807) is 0 Å². The second kappa shape index (κ2) is 5.24. The highest BCUT2D eigenvalue weighted by Crippen LogP contribution is 2.33. The molecule has 1 aromatic rings. The van der Waals surface area contributed by atoms with E-state index in [1.807, 2.05) is 11.8 Å². The maximum Gasteiger partial charge on any atom is 0.0502 e. The Morgan fingerprint density at radius 3 is 2.88 bits per heavy atom. The standard InChI is InChI=1S/C14H20OS/c1-10(2)13(9-15)11-5-6-14-12(8-11)4-3-7-16-14/h5-6,8,10,13,15H,3-4,7,9H2,1-2H3. The number of aliphatic hydroxyl groups is 1. The molecule has 1 atom stereocenters. The summed E-state index contributed by atoms with van der Waals surface area (Å²) in [6.07, 6.45) is 2.49. The average molecular weight is 236 g/mol. The molecule has 1 heterocycles. The zero-order valence-electron chi connectivity index (χ0n) is 10.1. The van der Waals surface area contributed by atoms with Crippen molar-refractivity contribution in [1.29, 1.82) is 0 Å². The molecule has 0 bridgehead atoms. The van der Waals surface area contributed by atoms with Gasteiger partial charge in [0.25, 0.3) is 0 Å². The van der Waals surface area contributed by atoms with Gasteiger partial charge in [-0.15, -0.1) is 11.8 Å². The van der Waals surface area contributed by atoms with Gasteiger partial charge in [-0.2, -0.15) is 0 Å². The third-order valence-electron chi connectivity index (χ3n) is 3.36. The predicted octanol–water partition coefficient (Wildman–Crippen LogP) is 3.46. The number of hydrogen-bond acceptors (Lipinski definition) is 2. The minimum atomic E-state index is 0.254. The Balaban J connectivity index is 2.28. The first-order valence-corrected chi connectivity index (χ1v) is 7.07. The Morgan fingerprint density at radius 2 is 2.19 bits per heavy atom. The molecule has 0 spiro atoms. The number of rotatable bonds is 3. The summed E-state index contributed by atoms with van der Waals surface area (Å²) in [4.78, 5) is 1.44. The molecule has 1 aliphatic heterocycles. The van der Waals surface area contributed by atoms with Crippen molar-refractivity contribution in [3.05, 3.63) is 29.3 Å². The van der Waals surface area contributed by atoms with Crippen LogP contribution in [0.15, 0.2) is 23.1 Å². The van der Waals surface area contributed by atoms with E-state index in [4.69, 9.17) is 0 Å². The number of hydrogen-bond donors (Lipinski definition) is 1. The summed E-state index contributed by atoms with van der Waals surface area (Å²) in [5.74, 6) is 2.04.